The summed E-state index contributed by atoms with van der Waals surface area (Å²) in [6, 6.07) is 0. The van der Waals surface area contributed by atoms with Crippen LogP contribution in [0, 0.1) is 12.3 Å². The topological polar surface area (TPSA) is 41.1 Å². The van der Waals surface area contributed by atoms with Gasteiger partial charge in [0.1, 0.15) is 0 Å². The Hall–Kier alpha value is -0.870. The van der Waals surface area contributed by atoms with E-state index in [9.17, 15) is 9.18 Å². The van der Waals surface area contributed by atoms with E-state index in [1.54, 1.807) is 6.08 Å². The first-order valence-electron chi connectivity index (χ1n) is 8.86. The van der Waals surface area contributed by atoms with Gasteiger partial charge in [-0.1, -0.05) is 13.8 Å². The van der Waals surface area contributed by atoms with Gasteiger partial charge < -0.3 is 5.32 Å². The van der Waals surface area contributed by atoms with Crippen LogP contribution in [-0.4, -0.2) is 29.2 Å². The van der Waals surface area contributed by atoms with Crippen molar-refractivity contribution in [1.29, 1.82) is 0 Å². The number of amides is 1. The number of carbonyl (C=O) groups is 1. The molecule has 0 bridgehead atoms. The predicted molar refractivity (Wildman–Crippen MR) is 103 cm³/mol. The molecule has 0 spiro atoms. The van der Waals surface area contributed by atoms with Crippen molar-refractivity contribution in [3.05, 3.63) is 21.8 Å². The minimum Gasteiger partial charge on any atom is -0.356 e. The Kier molecular flexibility index (Phi) is 18.9. The van der Waals surface area contributed by atoms with Crippen molar-refractivity contribution in [2.45, 2.75) is 65.8 Å². The second-order valence-electron chi connectivity index (χ2n) is 6.06. The third-order valence-corrected chi connectivity index (χ3v) is 5.20. The van der Waals surface area contributed by atoms with Crippen molar-refractivity contribution in [1.82, 2.24) is 10.6 Å². The molecule has 1 fully saturated rings. The molecule has 5 heteroatoms. The molecule has 0 aromatic carbocycles. The summed E-state index contributed by atoms with van der Waals surface area (Å²) in [6.45, 7) is 10.9. The van der Waals surface area contributed by atoms with E-state index < -0.39 is 6.67 Å². The monoisotopic (exact) mass is 465 g/mol. The first-order valence-corrected chi connectivity index (χ1v) is 11.5. The second kappa shape index (κ2) is 17.9. The van der Waals surface area contributed by atoms with Crippen LogP contribution in [0.25, 0.3) is 0 Å². The van der Waals surface area contributed by atoms with Crippen LogP contribution in [0.15, 0.2) is 21.8 Å². The fourth-order valence-electron chi connectivity index (χ4n) is 1.52. The van der Waals surface area contributed by atoms with Crippen molar-refractivity contribution in [2.24, 2.45) is 0 Å². The molecule has 0 radical (unpaired) electrons. The number of terminal acetylenes is 1. The standard InChI is InChI=1S/C13H20FIN.C5H9NO.C2H6/c1-5-6-7-8-12(9-10-14)15-11-16-13(2,3)4;7-5-3-1-2-4-6-5;1-2/h1,7-9,16H,6,10-11H2,2-4H3;1-4H2,(H,6,7);1-2H3/q-1;;/b8-7-,12-9+;;. The van der Waals surface area contributed by atoms with Gasteiger partial charge in [0.25, 0.3) is 0 Å². The average Bonchev–Trinajstić information content (AvgIpc) is 2.57. The van der Waals surface area contributed by atoms with Crippen molar-refractivity contribution >= 4 is 5.91 Å². The van der Waals surface area contributed by atoms with Gasteiger partial charge in [0.05, 0.1) is 0 Å². The van der Waals surface area contributed by atoms with Gasteiger partial charge >= 0.3 is 109 Å². The second-order valence-corrected chi connectivity index (χ2v) is 8.83. The van der Waals surface area contributed by atoms with Crippen molar-refractivity contribution < 1.29 is 30.4 Å². The number of carbonyl (C=O) groups excluding carboxylic acids is 1. The summed E-state index contributed by atoms with van der Waals surface area (Å²) >= 11 is -0.177. The molecule has 1 aliphatic heterocycles. The van der Waals surface area contributed by atoms with E-state index in [0.717, 1.165) is 33.9 Å². The molecule has 0 aromatic heterocycles. The number of halogens is 2. The molecule has 146 valence electrons. The normalized spacial score (nSPS) is 14.8. The minimum atomic E-state index is -0.398. The maximum absolute atomic E-state index is 12.3. The van der Waals surface area contributed by atoms with E-state index in [1.807, 2.05) is 26.0 Å². The Balaban J connectivity index is 0. The Morgan fingerprint density at radius 3 is 2.48 bits per heavy atom. The van der Waals surface area contributed by atoms with Crippen LogP contribution < -0.4 is 31.8 Å². The molecular weight excluding hydrogens is 430 g/mol. The molecule has 0 aromatic rings. The van der Waals surface area contributed by atoms with E-state index in [0.29, 0.717) is 6.42 Å². The van der Waals surface area contributed by atoms with E-state index >= 15 is 0 Å². The fourth-order valence-corrected chi connectivity index (χ4v) is 4.28. The molecule has 0 unspecified atom stereocenters. The van der Waals surface area contributed by atoms with Gasteiger partial charge in [0.2, 0.25) is 5.91 Å². The van der Waals surface area contributed by atoms with E-state index in [-0.39, 0.29) is 32.7 Å². The molecule has 0 aliphatic carbocycles. The largest absolute Gasteiger partial charge is 0.356 e. The number of alkyl halides is 2. The number of hydrogen-bond donors (Lipinski definition) is 2. The zero-order chi connectivity index (χ0) is 19.6. The Bertz CT molecular complexity index is 426. The Labute approximate surface area is 164 Å². The van der Waals surface area contributed by atoms with Gasteiger partial charge in [-0.15, -0.1) is 0 Å². The van der Waals surface area contributed by atoms with Gasteiger partial charge in [-0.25, -0.2) is 0 Å². The molecule has 25 heavy (non-hydrogen) atoms. The molecule has 1 heterocycles. The van der Waals surface area contributed by atoms with Crippen LogP contribution >= 0.6 is 0 Å². The average molecular weight is 465 g/mol. The number of piperidine rings is 1. The molecule has 1 aliphatic rings. The van der Waals surface area contributed by atoms with Crippen LogP contribution in [0.3, 0.4) is 0 Å². The van der Waals surface area contributed by atoms with Gasteiger partial charge in [-0.3, -0.25) is 4.79 Å². The summed E-state index contributed by atoms with van der Waals surface area (Å²) in [5.41, 5.74) is 0.128. The summed E-state index contributed by atoms with van der Waals surface area (Å²) in [7, 11) is 0. The Morgan fingerprint density at radius 1 is 1.40 bits per heavy atom. The number of nitrogens with one attached hydrogen (secondary N) is 2. The summed E-state index contributed by atoms with van der Waals surface area (Å²) in [5.74, 6) is 2.75. The quantitative estimate of drug-likeness (QED) is 0.203. The van der Waals surface area contributed by atoms with Crippen LogP contribution in [0.2, 0.25) is 0 Å². The third kappa shape index (κ3) is 21.1. The van der Waals surface area contributed by atoms with Gasteiger partial charge in [-0.05, 0) is 12.8 Å². The van der Waals surface area contributed by atoms with Crippen LogP contribution in [0.1, 0.15) is 60.3 Å². The molecule has 0 atom stereocenters. The molecule has 1 amide bonds. The molecular formula is C20H35FIN2O-. The zero-order valence-electron chi connectivity index (χ0n) is 16.4. The van der Waals surface area contributed by atoms with Crippen LogP contribution in [0.5, 0.6) is 0 Å². The summed E-state index contributed by atoms with van der Waals surface area (Å²) in [4.78, 5) is 10.4. The van der Waals surface area contributed by atoms with Crippen LogP contribution in [0.4, 0.5) is 4.39 Å². The molecule has 3 nitrogen and oxygen atoms in total. The summed E-state index contributed by atoms with van der Waals surface area (Å²) < 4.78 is 14.3. The summed E-state index contributed by atoms with van der Waals surface area (Å²) in [5, 5.41) is 6.16. The first kappa shape index (κ1) is 26.4. The Morgan fingerprint density at radius 2 is 2.08 bits per heavy atom. The van der Waals surface area contributed by atoms with E-state index in [2.05, 4.69) is 37.3 Å². The maximum Gasteiger partial charge on any atom is 0.219 e. The van der Waals surface area contributed by atoms with Gasteiger partial charge in [-0.2, -0.15) is 0 Å². The smallest absolute Gasteiger partial charge is 0.219 e. The fraction of sp³-hybridized carbons (Fsp3) is 0.650. The van der Waals surface area contributed by atoms with Crippen molar-refractivity contribution in [3.63, 3.8) is 0 Å². The molecule has 2 N–H and O–H groups in total. The van der Waals surface area contributed by atoms with Gasteiger partial charge in [0, 0.05) is 13.0 Å². The molecule has 1 rings (SSSR count). The third-order valence-electron chi connectivity index (χ3n) is 2.76. The van der Waals surface area contributed by atoms with Gasteiger partial charge in [0.15, 0.2) is 0 Å². The molecule has 1 saturated heterocycles. The van der Waals surface area contributed by atoms with Crippen molar-refractivity contribution in [2.75, 3.05) is 17.8 Å². The first-order chi connectivity index (χ1) is 11.9. The predicted octanol–water partition coefficient (Wildman–Crippen LogP) is 1.17. The number of allylic oxidation sites excluding steroid dienone is 4. The molecule has 0 saturated carbocycles. The van der Waals surface area contributed by atoms with Crippen molar-refractivity contribution in [3.8, 4) is 12.3 Å². The SMILES string of the molecule is C#CC/C=C\C(=C/CF)[I-]CNC(C)(C)C.CC.O=C1CCCCN1. The maximum atomic E-state index is 12.3. The summed E-state index contributed by atoms with van der Waals surface area (Å²) in [6.07, 6.45) is 14.2. The number of hydrogen-bond acceptors (Lipinski definition) is 2. The minimum absolute atomic E-state index is 0.128. The van der Waals surface area contributed by atoms with E-state index in [1.165, 1.54) is 0 Å². The zero-order valence-corrected chi connectivity index (χ0v) is 18.6. The van der Waals surface area contributed by atoms with E-state index in [4.69, 9.17) is 6.42 Å². The number of rotatable bonds is 6. The van der Waals surface area contributed by atoms with Crippen LogP contribution in [-0.2, 0) is 4.79 Å².